The van der Waals surface area contributed by atoms with Crippen LogP contribution in [0.1, 0.15) is 6.42 Å². The molecule has 0 unspecified atom stereocenters. The molecule has 0 heterocycles. The minimum Gasteiger partial charge on any atom is -0.489 e. The van der Waals surface area contributed by atoms with E-state index in [-0.39, 0.29) is 27.6 Å². The molecule has 140 valence electrons. The first-order chi connectivity index (χ1) is 12.5. The average Bonchev–Trinajstić information content (AvgIpc) is 2.58. The molecule has 26 heavy (non-hydrogen) atoms. The first-order valence-corrected chi connectivity index (χ1v) is 9.22. The summed E-state index contributed by atoms with van der Waals surface area (Å²) in [5.74, 6) is -0.342. The van der Waals surface area contributed by atoms with Gasteiger partial charge in [-0.25, -0.2) is 4.39 Å². The summed E-state index contributed by atoms with van der Waals surface area (Å²) in [6.45, 7) is 1.07. The summed E-state index contributed by atoms with van der Waals surface area (Å²) >= 11 is 22.8. The standard InChI is InChI=1S/C18H16Cl4FNO2/c19-12-2-4-13(5-3-12)24-7-1-8-26-18-15(20)10-14(11-16(18)23)25-9-6-17(21)22/h2-6,10-11,24H,1,7-9H2. The molecule has 0 aliphatic heterocycles. The van der Waals surface area contributed by atoms with Crippen LogP contribution in [0.15, 0.2) is 47.0 Å². The molecule has 0 saturated carbocycles. The van der Waals surface area contributed by atoms with E-state index in [1.54, 1.807) is 12.1 Å². The Hall–Kier alpha value is -1.33. The SMILES string of the molecule is Fc1cc(OCC=C(Cl)Cl)cc(Cl)c1OCCCNc1ccc(Cl)cc1. The van der Waals surface area contributed by atoms with E-state index in [9.17, 15) is 4.39 Å². The molecule has 0 aliphatic carbocycles. The van der Waals surface area contributed by atoms with Crippen LogP contribution in [0, 0.1) is 5.82 Å². The number of nitrogens with one attached hydrogen (secondary N) is 1. The number of hydrogen-bond acceptors (Lipinski definition) is 3. The van der Waals surface area contributed by atoms with E-state index in [1.807, 2.05) is 12.1 Å². The zero-order chi connectivity index (χ0) is 18.9. The van der Waals surface area contributed by atoms with Gasteiger partial charge in [-0.1, -0.05) is 46.4 Å². The highest BCUT2D eigenvalue weighted by Crippen LogP contribution is 2.32. The van der Waals surface area contributed by atoms with E-state index >= 15 is 0 Å². The van der Waals surface area contributed by atoms with Crippen molar-refractivity contribution in [3.8, 4) is 11.5 Å². The fraction of sp³-hybridized carbons (Fsp3) is 0.222. The highest BCUT2D eigenvalue weighted by molar-refractivity contribution is 6.55. The first-order valence-electron chi connectivity index (χ1n) is 7.71. The largest absolute Gasteiger partial charge is 0.489 e. The normalized spacial score (nSPS) is 10.3. The van der Waals surface area contributed by atoms with Crippen LogP contribution in [0.5, 0.6) is 11.5 Å². The van der Waals surface area contributed by atoms with E-state index in [4.69, 9.17) is 55.9 Å². The number of benzene rings is 2. The van der Waals surface area contributed by atoms with Crippen molar-refractivity contribution < 1.29 is 13.9 Å². The molecule has 0 bridgehead atoms. The van der Waals surface area contributed by atoms with Crippen LogP contribution in [-0.2, 0) is 0 Å². The lowest BCUT2D eigenvalue weighted by Gasteiger charge is -2.12. The van der Waals surface area contributed by atoms with Gasteiger partial charge in [-0.05, 0) is 36.8 Å². The Bertz CT molecular complexity index is 726. The van der Waals surface area contributed by atoms with Crippen molar-refractivity contribution in [1.82, 2.24) is 0 Å². The van der Waals surface area contributed by atoms with Crippen molar-refractivity contribution in [3.05, 3.63) is 62.8 Å². The van der Waals surface area contributed by atoms with Crippen molar-refractivity contribution in [2.45, 2.75) is 6.42 Å². The van der Waals surface area contributed by atoms with Crippen molar-refractivity contribution in [1.29, 1.82) is 0 Å². The fourth-order valence-electron chi connectivity index (χ4n) is 2.01. The highest BCUT2D eigenvalue weighted by atomic mass is 35.5. The third kappa shape index (κ3) is 7.12. The van der Waals surface area contributed by atoms with Crippen molar-refractivity contribution >= 4 is 52.1 Å². The van der Waals surface area contributed by atoms with Gasteiger partial charge in [-0.2, -0.15) is 0 Å². The predicted molar refractivity (Wildman–Crippen MR) is 107 cm³/mol. The molecular formula is C18H16Cl4FNO2. The molecule has 0 amide bonds. The quantitative estimate of drug-likeness (QED) is 0.441. The Morgan fingerprint density at radius 3 is 2.46 bits per heavy atom. The summed E-state index contributed by atoms with van der Waals surface area (Å²) in [5.41, 5.74) is 0.950. The summed E-state index contributed by atoms with van der Waals surface area (Å²) in [5, 5.41) is 4.03. The Morgan fingerprint density at radius 1 is 1.08 bits per heavy atom. The van der Waals surface area contributed by atoms with Gasteiger partial charge in [0.1, 0.15) is 16.8 Å². The van der Waals surface area contributed by atoms with Crippen molar-refractivity contribution in [3.63, 3.8) is 0 Å². The molecule has 0 atom stereocenters. The molecule has 0 fully saturated rings. The minimum absolute atomic E-state index is 0.00331. The number of hydrogen-bond donors (Lipinski definition) is 1. The lowest BCUT2D eigenvalue weighted by Crippen LogP contribution is -2.08. The second-order valence-corrected chi connectivity index (χ2v) is 7.01. The molecule has 8 heteroatoms. The van der Waals surface area contributed by atoms with Crippen LogP contribution in [0.2, 0.25) is 10.0 Å². The second-order valence-electron chi connectivity index (χ2n) is 5.16. The Labute approximate surface area is 171 Å². The average molecular weight is 439 g/mol. The summed E-state index contributed by atoms with van der Waals surface area (Å²) < 4.78 is 24.9. The van der Waals surface area contributed by atoms with Gasteiger partial charge in [-0.3, -0.25) is 0 Å². The fourth-order valence-corrected chi connectivity index (χ4v) is 2.51. The molecule has 0 aliphatic rings. The Morgan fingerprint density at radius 2 is 1.81 bits per heavy atom. The topological polar surface area (TPSA) is 30.5 Å². The maximum absolute atomic E-state index is 14.1. The zero-order valence-electron chi connectivity index (χ0n) is 13.6. The third-order valence-electron chi connectivity index (χ3n) is 3.20. The van der Waals surface area contributed by atoms with Crippen LogP contribution in [-0.4, -0.2) is 19.8 Å². The predicted octanol–water partition coefficient (Wildman–Crippen LogP) is 6.71. The van der Waals surface area contributed by atoms with Crippen LogP contribution in [0.3, 0.4) is 0 Å². The lowest BCUT2D eigenvalue weighted by molar-refractivity contribution is 0.296. The van der Waals surface area contributed by atoms with Crippen LogP contribution < -0.4 is 14.8 Å². The molecule has 0 radical (unpaired) electrons. The van der Waals surface area contributed by atoms with Gasteiger partial charge < -0.3 is 14.8 Å². The summed E-state index contributed by atoms with van der Waals surface area (Å²) in [6, 6.07) is 10.0. The first kappa shape index (κ1) is 21.0. The Balaban J connectivity index is 1.79. The number of anilines is 1. The van der Waals surface area contributed by atoms with Crippen LogP contribution in [0.25, 0.3) is 0 Å². The maximum Gasteiger partial charge on any atom is 0.173 e. The Kier molecular flexibility index (Phi) is 8.66. The van der Waals surface area contributed by atoms with Gasteiger partial charge in [-0.15, -0.1) is 0 Å². The number of ether oxygens (including phenoxy) is 2. The van der Waals surface area contributed by atoms with Crippen molar-refractivity contribution in [2.24, 2.45) is 0 Å². The summed E-state index contributed by atoms with van der Waals surface area (Å²) in [6.07, 6.45) is 2.10. The molecule has 0 aromatic heterocycles. The second kappa shape index (κ2) is 10.7. The molecule has 0 saturated heterocycles. The van der Waals surface area contributed by atoms with Crippen LogP contribution in [0.4, 0.5) is 10.1 Å². The maximum atomic E-state index is 14.1. The van der Waals surface area contributed by atoms with Gasteiger partial charge in [0.25, 0.3) is 0 Å². The monoisotopic (exact) mass is 437 g/mol. The van der Waals surface area contributed by atoms with E-state index in [0.29, 0.717) is 24.6 Å². The van der Waals surface area contributed by atoms with E-state index in [1.165, 1.54) is 18.2 Å². The highest BCUT2D eigenvalue weighted by Gasteiger charge is 2.12. The van der Waals surface area contributed by atoms with Crippen LogP contribution >= 0.6 is 46.4 Å². The third-order valence-corrected chi connectivity index (χ3v) is 4.04. The number of halogens is 5. The van der Waals surface area contributed by atoms with E-state index in [0.717, 1.165) is 5.69 Å². The molecule has 2 rings (SSSR count). The molecule has 2 aromatic carbocycles. The van der Waals surface area contributed by atoms with Gasteiger partial charge >= 0.3 is 0 Å². The lowest BCUT2D eigenvalue weighted by atomic mass is 10.3. The van der Waals surface area contributed by atoms with E-state index in [2.05, 4.69) is 5.32 Å². The zero-order valence-corrected chi connectivity index (χ0v) is 16.6. The molecule has 3 nitrogen and oxygen atoms in total. The van der Waals surface area contributed by atoms with Gasteiger partial charge in [0.2, 0.25) is 0 Å². The smallest absolute Gasteiger partial charge is 0.173 e. The number of rotatable bonds is 9. The molecule has 1 N–H and O–H groups in total. The van der Waals surface area contributed by atoms with Gasteiger partial charge in [0, 0.05) is 29.4 Å². The van der Waals surface area contributed by atoms with Gasteiger partial charge in [0.15, 0.2) is 11.6 Å². The van der Waals surface area contributed by atoms with Crippen molar-refractivity contribution in [2.75, 3.05) is 25.1 Å². The summed E-state index contributed by atoms with van der Waals surface area (Å²) in [4.78, 5) is 0. The van der Waals surface area contributed by atoms with Gasteiger partial charge in [0.05, 0.1) is 11.6 Å². The molecule has 0 spiro atoms. The minimum atomic E-state index is -0.598. The summed E-state index contributed by atoms with van der Waals surface area (Å²) in [7, 11) is 0. The van der Waals surface area contributed by atoms with E-state index < -0.39 is 5.82 Å². The molecule has 2 aromatic rings. The molecular weight excluding hydrogens is 423 g/mol.